The van der Waals surface area contributed by atoms with E-state index in [1.54, 1.807) is 11.3 Å². The number of aromatic nitrogens is 2. The van der Waals surface area contributed by atoms with Crippen LogP contribution < -0.4 is 11.2 Å². The number of thiophene rings is 1. The van der Waals surface area contributed by atoms with Crippen molar-refractivity contribution in [1.29, 1.82) is 0 Å². The first-order valence-corrected chi connectivity index (χ1v) is 7.48. The van der Waals surface area contributed by atoms with Gasteiger partial charge in [0.25, 0.3) is 5.56 Å². The highest BCUT2D eigenvalue weighted by atomic mass is 35.5. The number of hydrogen-bond acceptors (Lipinski definition) is 3. The van der Waals surface area contributed by atoms with Crippen molar-refractivity contribution in [3.05, 3.63) is 55.0 Å². The summed E-state index contributed by atoms with van der Waals surface area (Å²) >= 11 is 7.21. The largest absolute Gasteiger partial charge is 0.328 e. The summed E-state index contributed by atoms with van der Waals surface area (Å²) in [7, 11) is 0. The van der Waals surface area contributed by atoms with Crippen molar-refractivity contribution in [2.45, 2.75) is 25.8 Å². The molecule has 2 rings (SSSR count). The summed E-state index contributed by atoms with van der Waals surface area (Å²) in [6.45, 7) is 2.31. The fourth-order valence-electron chi connectivity index (χ4n) is 1.95. The molecule has 0 saturated heterocycles. The number of nitrogens with one attached hydrogen (secondary N) is 1. The molecule has 0 aromatic carbocycles. The number of aromatic amines is 1. The van der Waals surface area contributed by atoms with Crippen molar-refractivity contribution >= 4 is 22.9 Å². The first-order chi connectivity index (χ1) is 9.15. The smallest absolute Gasteiger partial charge is 0.314 e. The molecule has 4 nitrogen and oxygen atoms in total. The van der Waals surface area contributed by atoms with Crippen molar-refractivity contribution < 1.29 is 0 Å². The molecule has 0 amide bonds. The monoisotopic (exact) mass is 298 g/mol. The van der Waals surface area contributed by atoms with Gasteiger partial charge in [0.1, 0.15) is 0 Å². The van der Waals surface area contributed by atoms with E-state index in [1.807, 2.05) is 24.4 Å². The summed E-state index contributed by atoms with van der Waals surface area (Å²) in [6.07, 6.45) is 2.12. The third kappa shape index (κ3) is 2.98. The third-order valence-electron chi connectivity index (χ3n) is 3.04. The van der Waals surface area contributed by atoms with E-state index in [4.69, 9.17) is 11.6 Å². The van der Waals surface area contributed by atoms with Crippen LogP contribution >= 0.6 is 22.9 Å². The maximum absolute atomic E-state index is 12.3. The molecule has 0 aliphatic rings. The topological polar surface area (TPSA) is 54.9 Å². The highest BCUT2D eigenvalue weighted by molar-refractivity contribution is 7.10. The van der Waals surface area contributed by atoms with Crippen LogP contribution in [-0.4, -0.2) is 15.4 Å². The van der Waals surface area contributed by atoms with Gasteiger partial charge in [-0.05, 0) is 17.9 Å². The molecule has 0 radical (unpaired) electrons. The van der Waals surface area contributed by atoms with Crippen LogP contribution in [0.3, 0.4) is 0 Å². The molecule has 1 N–H and O–H groups in total. The molecule has 0 aliphatic carbocycles. The van der Waals surface area contributed by atoms with Gasteiger partial charge in [-0.15, -0.1) is 22.9 Å². The van der Waals surface area contributed by atoms with E-state index in [0.717, 1.165) is 4.88 Å². The van der Waals surface area contributed by atoms with Crippen molar-refractivity contribution in [2.75, 3.05) is 5.88 Å². The number of hydrogen-bond donors (Lipinski definition) is 1. The Morgan fingerprint density at radius 3 is 2.89 bits per heavy atom. The summed E-state index contributed by atoms with van der Waals surface area (Å²) in [5.74, 6) is 0.406. The van der Waals surface area contributed by atoms with Gasteiger partial charge in [-0.3, -0.25) is 9.36 Å². The van der Waals surface area contributed by atoms with E-state index < -0.39 is 0 Å². The highest BCUT2D eigenvalue weighted by Crippen LogP contribution is 2.24. The standard InChI is InChI=1S/C13H15ClN2O2S/c1-9(11-4-2-7-19-11)10-8-15-13(18)16(12(10)17)6-3-5-14/h2,4,7-9H,3,5-6H2,1H3,(H,15,18). The van der Waals surface area contributed by atoms with E-state index in [9.17, 15) is 9.59 Å². The van der Waals surface area contributed by atoms with Gasteiger partial charge >= 0.3 is 5.69 Å². The van der Waals surface area contributed by atoms with Crippen LogP contribution in [0.25, 0.3) is 0 Å². The maximum atomic E-state index is 12.3. The molecular weight excluding hydrogens is 284 g/mol. The van der Waals surface area contributed by atoms with Crippen LogP contribution in [0.15, 0.2) is 33.3 Å². The van der Waals surface area contributed by atoms with Crippen molar-refractivity contribution in [3.63, 3.8) is 0 Å². The number of alkyl halides is 1. The predicted octanol–water partition coefficient (Wildman–Crippen LogP) is 2.38. The van der Waals surface area contributed by atoms with Gasteiger partial charge < -0.3 is 4.98 Å². The summed E-state index contributed by atoms with van der Waals surface area (Å²) in [5, 5.41) is 1.98. The molecule has 1 unspecified atom stereocenters. The van der Waals surface area contributed by atoms with E-state index in [1.165, 1.54) is 10.8 Å². The van der Waals surface area contributed by atoms with Gasteiger partial charge in [0.15, 0.2) is 0 Å². The SMILES string of the molecule is CC(c1cccs1)c1c[nH]c(=O)n(CCCCl)c1=O. The average Bonchev–Trinajstić information content (AvgIpc) is 2.92. The summed E-state index contributed by atoms with van der Waals surface area (Å²) in [6, 6.07) is 3.94. The van der Waals surface area contributed by atoms with Crippen molar-refractivity contribution in [2.24, 2.45) is 0 Å². The summed E-state index contributed by atoms with van der Waals surface area (Å²) < 4.78 is 1.22. The zero-order chi connectivity index (χ0) is 13.8. The zero-order valence-corrected chi connectivity index (χ0v) is 12.1. The minimum absolute atomic E-state index is 0.0217. The van der Waals surface area contributed by atoms with Crippen LogP contribution in [-0.2, 0) is 6.54 Å². The van der Waals surface area contributed by atoms with Gasteiger partial charge in [0, 0.05) is 35.0 Å². The molecule has 2 heterocycles. The summed E-state index contributed by atoms with van der Waals surface area (Å²) in [4.78, 5) is 27.7. The fraction of sp³-hybridized carbons (Fsp3) is 0.385. The lowest BCUT2D eigenvalue weighted by molar-refractivity contribution is 0.606. The Morgan fingerprint density at radius 2 is 2.26 bits per heavy atom. The second-order valence-electron chi connectivity index (χ2n) is 4.29. The van der Waals surface area contributed by atoms with Crippen LogP contribution in [0.2, 0.25) is 0 Å². The third-order valence-corrected chi connectivity index (χ3v) is 4.36. The molecule has 0 fully saturated rings. The highest BCUT2D eigenvalue weighted by Gasteiger charge is 2.16. The van der Waals surface area contributed by atoms with Crippen LogP contribution in [0, 0.1) is 0 Å². The average molecular weight is 299 g/mol. The van der Waals surface area contributed by atoms with Gasteiger partial charge in [-0.2, -0.15) is 0 Å². The maximum Gasteiger partial charge on any atom is 0.328 e. The van der Waals surface area contributed by atoms with E-state index >= 15 is 0 Å². The van der Waals surface area contributed by atoms with Gasteiger partial charge in [0.2, 0.25) is 0 Å². The minimum atomic E-state index is -0.378. The lowest BCUT2D eigenvalue weighted by atomic mass is 10.0. The van der Waals surface area contributed by atoms with Gasteiger partial charge in [-0.1, -0.05) is 13.0 Å². The Morgan fingerprint density at radius 1 is 1.47 bits per heavy atom. The first kappa shape index (κ1) is 14.1. The lowest BCUT2D eigenvalue weighted by Gasteiger charge is -2.11. The zero-order valence-electron chi connectivity index (χ0n) is 10.6. The van der Waals surface area contributed by atoms with Crippen molar-refractivity contribution in [3.8, 4) is 0 Å². The molecule has 6 heteroatoms. The molecular formula is C13H15ClN2O2S. The predicted molar refractivity (Wildman–Crippen MR) is 78.5 cm³/mol. The quantitative estimate of drug-likeness (QED) is 0.862. The fourth-order valence-corrected chi connectivity index (χ4v) is 2.87. The Hall–Kier alpha value is -1.33. The van der Waals surface area contributed by atoms with Crippen LogP contribution in [0.1, 0.15) is 29.7 Å². The van der Waals surface area contributed by atoms with Gasteiger partial charge in [0.05, 0.1) is 0 Å². The number of rotatable bonds is 5. The minimum Gasteiger partial charge on any atom is -0.314 e. The van der Waals surface area contributed by atoms with E-state index in [-0.39, 0.29) is 17.2 Å². The Kier molecular flexibility index (Phi) is 4.61. The number of H-pyrrole nitrogens is 1. The van der Waals surface area contributed by atoms with Gasteiger partial charge in [-0.25, -0.2) is 4.79 Å². The first-order valence-electron chi connectivity index (χ1n) is 6.07. The molecule has 2 aromatic rings. The second-order valence-corrected chi connectivity index (χ2v) is 5.64. The Balaban J connectivity index is 2.42. The Labute approximate surface area is 119 Å². The molecule has 19 heavy (non-hydrogen) atoms. The molecule has 2 aromatic heterocycles. The van der Waals surface area contributed by atoms with Crippen molar-refractivity contribution in [1.82, 2.24) is 9.55 Å². The Bertz CT molecular complexity index is 645. The van der Waals surface area contributed by atoms with E-state index in [0.29, 0.717) is 24.4 Å². The second kappa shape index (κ2) is 6.21. The molecule has 102 valence electrons. The molecule has 0 bridgehead atoms. The number of halogens is 1. The van der Waals surface area contributed by atoms with Crippen LogP contribution in [0.5, 0.6) is 0 Å². The van der Waals surface area contributed by atoms with E-state index in [2.05, 4.69) is 4.98 Å². The summed E-state index contributed by atoms with van der Waals surface area (Å²) in [5.41, 5.74) is 0.00337. The normalized spacial score (nSPS) is 12.5. The molecule has 1 atom stereocenters. The van der Waals surface area contributed by atoms with Crippen LogP contribution in [0.4, 0.5) is 0 Å². The molecule has 0 aliphatic heterocycles. The molecule has 0 spiro atoms. The number of nitrogens with zero attached hydrogens (tertiary/aromatic N) is 1. The molecule has 0 saturated carbocycles. The lowest BCUT2D eigenvalue weighted by Crippen LogP contribution is -2.37.